The van der Waals surface area contributed by atoms with E-state index in [0.717, 1.165) is 16.5 Å². The van der Waals surface area contributed by atoms with Crippen molar-refractivity contribution in [1.29, 1.82) is 0 Å². The van der Waals surface area contributed by atoms with E-state index in [4.69, 9.17) is 0 Å². The molecule has 0 spiro atoms. The Hall–Kier alpha value is -1.94. The van der Waals surface area contributed by atoms with E-state index in [1.54, 1.807) is 12.3 Å². The molecule has 1 aromatic heterocycles. The lowest BCUT2D eigenvalue weighted by molar-refractivity contribution is 0.103. The minimum absolute atomic E-state index is 0.202. The normalized spacial score (nSPS) is 10.9. The minimum Gasteiger partial charge on any atom is -0.360 e. The number of nitrogens with one attached hydrogen (secondary N) is 1. The number of carbonyl (C=O) groups excluding carboxylic acids is 1. The molecule has 0 unspecified atom stereocenters. The zero-order chi connectivity index (χ0) is 14.3. The van der Waals surface area contributed by atoms with Crippen LogP contribution in [-0.4, -0.2) is 10.8 Å². The van der Waals surface area contributed by atoms with Gasteiger partial charge >= 0.3 is 0 Å². The number of ketones is 1. The van der Waals surface area contributed by atoms with Gasteiger partial charge in [0.15, 0.2) is 5.78 Å². The zero-order valence-electron chi connectivity index (χ0n) is 10.7. The van der Waals surface area contributed by atoms with Gasteiger partial charge in [-0.15, -0.1) is 0 Å². The van der Waals surface area contributed by atoms with Crippen LogP contribution in [0, 0.1) is 12.7 Å². The number of benzene rings is 2. The molecule has 1 N–H and O–H groups in total. The van der Waals surface area contributed by atoms with Crippen molar-refractivity contribution in [3.05, 3.63) is 69.6 Å². The molecule has 0 aliphatic rings. The van der Waals surface area contributed by atoms with Crippen molar-refractivity contribution in [3.63, 3.8) is 0 Å². The maximum Gasteiger partial charge on any atom is 0.196 e. The standard InChI is InChI=1S/C16H11BrFNO/c1-9-2-4-11-13(8-19-15(11)6-9)16(20)12-7-10(18)3-5-14(12)17/h2-8,19H,1H3. The zero-order valence-corrected chi connectivity index (χ0v) is 12.3. The van der Waals surface area contributed by atoms with Crippen LogP contribution < -0.4 is 0 Å². The van der Waals surface area contributed by atoms with Gasteiger partial charge in [0.25, 0.3) is 0 Å². The van der Waals surface area contributed by atoms with Gasteiger partial charge in [0.1, 0.15) is 5.82 Å². The molecule has 4 heteroatoms. The predicted octanol–water partition coefficient (Wildman–Crippen LogP) is 4.61. The third-order valence-corrected chi connectivity index (χ3v) is 3.95. The maximum atomic E-state index is 13.3. The molecule has 0 atom stereocenters. The Morgan fingerprint density at radius 3 is 2.75 bits per heavy atom. The third kappa shape index (κ3) is 2.16. The van der Waals surface area contributed by atoms with Crippen molar-refractivity contribution in [1.82, 2.24) is 4.98 Å². The lowest BCUT2D eigenvalue weighted by atomic mass is 10.0. The molecule has 3 aromatic rings. The smallest absolute Gasteiger partial charge is 0.196 e. The molecule has 0 aliphatic carbocycles. The number of aryl methyl sites for hydroxylation is 1. The van der Waals surface area contributed by atoms with Gasteiger partial charge in [0.05, 0.1) is 0 Å². The number of fused-ring (bicyclic) bond motifs is 1. The van der Waals surface area contributed by atoms with Gasteiger partial charge in [-0.1, -0.05) is 28.1 Å². The van der Waals surface area contributed by atoms with E-state index < -0.39 is 5.82 Å². The fourth-order valence-corrected chi connectivity index (χ4v) is 2.67. The number of halogens is 2. The summed E-state index contributed by atoms with van der Waals surface area (Å²) in [4.78, 5) is 15.6. The monoisotopic (exact) mass is 331 g/mol. The van der Waals surface area contributed by atoms with E-state index in [-0.39, 0.29) is 5.78 Å². The summed E-state index contributed by atoms with van der Waals surface area (Å²) in [7, 11) is 0. The number of aromatic nitrogens is 1. The molecule has 0 aliphatic heterocycles. The van der Waals surface area contributed by atoms with Crippen LogP contribution in [0.2, 0.25) is 0 Å². The molecule has 0 radical (unpaired) electrons. The topological polar surface area (TPSA) is 32.9 Å². The van der Waals surface area contributed by atoms with Gasteiger partial charge < -0.3 is 4.98 Å². The van der Waals surface area contributed by atoms with Crippen LogP contribution >= 0.6 is 15.9 Å². The summed E-state index contributed by atoms with van der Waals surface area (Å²) in [5, 5.41) is 0.844. The first-order valence-corrected chi connectivity index (χ1v) is 6.93. The van der Waals surface area contributed by atoms with Crippen molar-refractivity contribution in [2.75, 3.05) is 0 Å². The lowest BCUT2D eigenvalue weighted by Crippen LogP contribution is -2.02. The number of hydrogen-bond acceptors (Lipinski definition) is 1. The number of carbonyl (C=O) groups is 1. The molecular weight excluding hydrogens is 321 g/mol. The number of aromatic amines is 1. The SMILES string of the molecule is Cc1ccc2c(C(=O)c3cc(F)ccc3Br)c[nH]c2c1. The molecule has 2 aromatic carbocycles. The van der Waals surface area contributed by atoms with Crippen molar-refractivity contribution in [3.8, 4) is 0 Å². The Morgan fingerprint density at radius 2 is 1.95 bits per heavy atom. The molecule has 0 fully saturated rings. The average molecular weight is 332 g/mol. The van der Waals surface area contributed by atoms with Gasteiger partial charge in [-0.2, -0.15) is 0 Å². The highest BCUT2D eigenvalue weighted by Gasteiger charge is 2.17. The molecule has 100 valence electrons. The van der Waals surface area contributed by atoms with Crippen molar-refractivity contribution >= 4 is 32.6 Å². The van der Waals surface area contributed by atoms with Gasteiger partial charge in [-0.3, -0.25) is 4.79 Å². The van der Waals surface area contributed by atoms with Crippen LogP contribution in [0.25, 0.3) is 10.9 Å². The molecule has 2 nitrogen and oxygen atoms in total. The molecule has 1 heterocycles. The van der Waals surface area contributed by atoms with E-state index in [1.165, 1.54) is 12.1 Å². The first-order valence-electron chi connectivity index (χ1n) is 6.14. The molecule has 0 bridgehead atoms. The fraction of sp³-hybridized carbons (Fsp3) is 0.0625. The first kappa shape index (κ1) is 13.1. The van der Waals surface area contributed by atoms with Crippen LogP contribution in [0.1, 0.15) is 21.5 Å². The summed E-state index contributed by atoms with van der Waals surface area (Å²) < 4.78 is 13.9. The molecule has 0 amide bonds. The first-order chi connectivity index (χ1) is 9.56. The fourth-order valence-electron chi connectivity index (χ4n) is 2.24. The van der Waals surface area contributed by atoms with Gasteiger partial charge in [-0.25, -0.2) is 4.39 Å². The van der Waals surface area contributed by atoms with E-state index in [9.17, 15) is 9.18 Å². The minimum atomic E-state index is -0.424. The van der Waals surface area contributed by atoms with Gasteiger partial charge in [-0.05, 0) is 36.8 Å². The second-order valence-electron chi connectivity index (χ2n) is 4.70. The Morgan fingerprint density at radius 1 is 1.15 bits per heavy atom. The van der Waals surface area contributed by atoms with E-state index in [1.807, 2.05) is 25.1 Å². The van der Waals surface area contributed by atoms with Crippen LogP contribution in [0.15, 0.2) is 47.1 Å². The largest absolute Gasteiger partial charge is 0.360 e. The van der Waals surface area contributed by atoms with Crippen LogP contribution in [0.5, 0.6) is 0 Å². The molecular formula is C16H11BrFNO. The Labute approximate surface area is 123 Å². The highest BCUT2D eigenvalue weighted by Crippen LogP contribution is 2.26. The van der Waals surface area contributed by atoms with Gasteiger partial charge in [0, 0.05) is 32.7 Å². The summed E-state index contributed by atoms with van der Waals surface area (Å²) in [6.07, 6.45) is 1.67. The quantitative estimate of drug-likeness (QED) is 0.683. The number of rotatable bonds is 2. The molecule has 20 heavy (non-hydrogen) atoms. The van der Waals surface area contributed by atoms with E-state index in [2.05, 4.69) is 20.9 Å². The number of hydrogen-bond donors (Lipinski definition) is 1. The average Bonchev–Trinajstić information content (AvgIpc) is 2.83. The summed E-state index contributed by atoms with van der Waals surface area (Å²) in [5.41, 5.74) is 2.89. The second kappa shape index (κ2) is 4.87. The van der Waals surface area contributed by atoms with Crippen molar-refractivity contribution < 1.29 is 9.18 Å². The molecule has 3 rings (SSSR count). The van der Waals surface area contributed by atoms with Crippen molar-refractivity contribution in [2.24, 2.45) is 0 Å². The van der Waals surface area contributed by atoms with Crippen LogP contribution in [-0.2, 0) is 0 Å². The Balaban J connectivity index is 2.15. The molecule has 0 saturated heterocycles. The van der Waals surface area contributed by atoms with Crippen LogP contribution in [0.4, 0.5) is 4.39 Å². The summed E-state index contributed by atoms with van der Waals surface area (Å²) in [6.45, 7) is 1.99. The Kier molecular flexibility index (Phi) is 3.18. The summed E-state index contributed by atoms with van der Waals surface area (Å²) >= 11 is 3.29. The molecule has 0 saturated carbocycles. The highest BCUT2D eigenvalue weighted by atomic mass is 79.9. The van der Waals surface area contributed by atoms with Crippen molar-refractivity contribution in [2.45, 2.75) is 6.92 Å². The summed E-state index contributed by atoms with van der Waals surface area (Å²) in [6, 6.07) is 9.95. The van der Waals surface area contributed by atoms with Crippen LogP contribution in [0.3, 0.4) is 0 Å². The second-order valence-corrected chi connectivity index (χ2v) is 5.56. The lowest BCUT2D eigenvalue weighted by Gasteiger charge is -2.03. The highest BCUT2D eigenvalue weighted by molar-refractivity contribution is 9.10. The predicted molar refractivity (Wildman–Crippen MR) is 80.6 cm³/mol. The third-order valence-electron chi connectivity index (χ3n) is 3.25. The van der Waals surface area contributed by atoms with Gasteiger partial charge in [0.2, 0.25) is 0 Å². The van der Waals surface area contributed by atoms with E-state index >= 15 is 0 Å². The summed E-state index contributed by atoms with van der Waals surface area (Å²) in [5.74, 6) is -0.626. The number of H-pyrrole nitrogens is 1. The van der Waals surface area contributed by atoms with E-state index in [0.29, 0.717) is 15.6 Å². The Bertz CT molecular complexity index is 822. The maximum absolute atomic E-state index is 13.3.